The number of aryl methyl sites for hydroxylation is 1. The maximum atomic E-state index is 11.9. The summed E-state index contributed by atoms with van der Waals surface area (Å²) in [6.45, 7) is 1.87. The Morgan fingerprint density at radius 3 is 2.87 bits per heavy atom. The van der Waals surface area contributed by atoms with E-state index < -0.39 is 0 Å². The lowest BCUT2D eigenvalue weighted by molar-refractivity contribution is 0.0997. The summed E-state index contributed by atoms with van der Waals surface area (Å²) in [6, 6.07) is 1.97. The molecular weight excluding hydrogens is 294 g/mol. The van der Waals surface area contributed by atoms with E-state index in [4.69, 9.17) is 0 Å². The molecule has 2 nitrogen and oxygen atoms in total. The van der Waals surface area contributed by atoms with E-state index in [0.29, 0.717) is 6.42 Å². The number of hydrogen-bond acceptors (Lipinski definition) is 4. The van der Waals surface area contributed by atoms with E-state index in [-0.39, 0.29) is 5.78 Å². The van der Waals surface area contributed by atoms with Gasteiger partial charge in [0, 0.05) is 15.8 Å². The third kappa shape index (κ3) is 2.35. The Labute approximate surface area is 104 Å². The molecule has 0 N–H and O–H groups in total. The molecule has 0 radical (unpaired) electrons. The highest BCUT2D eigenvalue weighted by molar-refractivity contribution is 9.10. The smallest absolute Gasteiger partial charge is 0.179 e. The quantitative estimate of drug-likeness (QED) is 0.809. The lowest BCUT2D eigenvalue weighted by atomic mass is 10.2. The number of ketones is 1. The van der Waals surface area contributed by atoms with Crippen LogP contribution >= 0.6 is 38.6 Å². The average molecular weight is 302 g/mol. The van der Waals surface area contributed by atoms with Crippen LogP contribution in [0.4, 0.5) is 0 Å². The summed E-state index contributed by atoms with van der Waals surface area (Å²) in [7, 11) is 0. The van der Waals surface area contributed by atoms with E-state index in [1.54, 1.807) is 16.8 Å². The number of halogens is 1. The molecule has 5 heteroatoms. The Morgan fingerprint density at radius 2 is 2.33 bits per heavy atom. The Hall–Kier alpha value is -0.520. The minimum atomic E-state index is 0.151. The molecule has 0 unspecified atom stereocenters. The Morgan fingerprint density at radius 1 is 1.53 bits per heavy atom. The molecule has 2 rings (SSSR count). The zero-order valence-corrected chi connectivity index (χ0v) is 11.2. The summed E-state index contributed by atoms with van der Waals surface area (Å²) in [4.78, 5) is 17.8. The molecule has 2 aromatic heterocycles. The predicted octanol–water partition coefficient (Wildman–Crippen LogP) is 3.70. The van der Waals surface area contributed by atoms with Gasteiger partial charge in [0.2, 0.25) is 0 Å². The number of carbonyl (C=O) groups is 1. The molecular formula is C10H8BrNOS2. The summed E-state index contributed by atoms with van der Waals surface area (Å²) in [5, 5.41) is 1.98. The Bertz CT molecular complexity index is 489. The SMILES string of the molecule is Cc1ncsc1C(=O)Cc1sccc1Br. The fourth-order valence-corrected chi connectivity index (χ4v) is 3.48. The van der Waals surface area contributed by atoms with Gasteiger partial charge in [-0.05, 0) is 34.3 Å². The molecule has 0 atom stereocenters. The van der Waals surface area contributed by atoms with E-state index in [9.17, 15) is 4.79 Å². The van der Waals surface area contributed by atoms with Gasteiger partial charge < -0.3 is 0 Å². The number of thiophene rings is 1. The molecule has 0 spiro atoms. The molecule has 0 saturated carbocycles. The molecule has 78 valence electrons. The minimum Gasteiger partial charge on any atom is -0.293 e. The number of Topliss-reactive ketones (excluding diaryl/α,β-unsaturated/α-hetero) is 1. The largest absolute Gasteiger partial charge is 0.293 e. The van der Waals surface area contributed by atoms with Gasteiger partial charge in [-0.25, -0.2) is 4.98 Å². The molecule has 0 aliphatic heterocycles. The second kappa shape index (κ2) is 4.55. The van der Waals surface area contributed by atoms with Gasteiger partial charge in [-0.15, -0.1) is 22.7 Å². The lowest BCUT2D eigenvalue weighted by Crippen LogP contribution is -2.02. The maximum absolute atomic E-state index is 11.9. The van der Waals surface area contributed by atoms with Gasteiger partial charge in [0.1, 0.15) is 0 Å². The van der Waals surface area contributed by atoms with Crippen LogP contribution in [0, 0.1) is 6.92 Å². The molecule has 0 bridgehead atoms. The summed E-state index contributed by atoms with van der Waals surface area (Å²) in [5.41, 5.74) is 2.55. The third-order valence-corrected chi connectivity index (χ3v) is 4.91. The van der Waals surface area contributed by atoms with Gasteiger partial charge in [-0.1, -0.05) is 0 Å². The summed E-state index contributed by atoms with van der Waals surface area (Å²) < 4.78 is 1.02. The van der Waals surface area contributed by atoms with Crippen LogP contribution in [0.25, 0.3) is 0 Å². The van der Waals surface area contributed by atoms with Gasteiger partial charge in [-0.2, -0.15) is 0 Å². The number of nitrogens with zero attached hydrogens (tertiary/aromatic N) is 1. The van der Waals surface area contributed by atoms with Crippen LogP contribution in [-0.4, -0.2) is 10.8 Å². The highest BCUT2D eigenvalue weighted by Gasteiger charge is 2.14. The average Bonchev–Trinajstić information content (AvgIpc) is 2.76. The van der Waals surface area contributed by atoms with Crippen LogP contribution in [0.1, 0.15) is 20.2 Å². The normalized spacial score (nSPS) is 10.5. The molecule has 0 amide bonds. The van der Waals surface area contributed by atoms with Crippen molar-refractivity contribution in [1.29, 1.82) is 0 Å². The topological polar surface area (TPSA) is 30.0 Å². The third-order valence-electron chi connectivity index (χ3n) is 2.01. The summed E-state index contributed by atoms with van der Waals surface area (Å²) >= 11 is 6.43. The van der Waals surface area contributed by atoms with E-state index in [2.05, 4.69) is 20.9 Å². The van der Waals surface area contributed by atoms with Crippen molar-refractivity contribution in [2.24, 2.45) is 0 Å². The van der Waals surface area contributed by atoms with Gasteiger partial charge in [-0.3, -0.25) is 4.79 Å². The fourth-order valence-electron chi connectivity index (χ4n) is 1.25. The lowest BCUT2D eigenvalue weighted by Gasteiger charge is -1.97. The maximum Gasteiger partial charge on any atom is 0.179 e. The van der Waals surface area contributed by atoms with E-state index in [0.717, 1.165) is 19.9 Å². The van der Waals surface area contributed by atoms with E-state index >= 15 is 0 Å². The molecule has 2 heterocycles. The number of aromatic nitrogens is 1. The molecule has 2 aromatic rings. The molecule has 0 saturated heterocycles. The van der Waals surface area contributed by atoms with Crippen molar-refractivity contribution >= 4 is 44.4 Å². The molecule has 0 aliphatic carbocycles. The summed E-state index contributed by atoms with van der Waals surface area (Å²) in [6.07, 6.45) is 0.460. The van der Waals surface area contributed by atoms with E-state index in [1.807, 2.05) is 18.4 Å². The molecule has 15 heavy (non-hydrogen) atoms. The number of thiazole rings is 1. The first-order valence-electron chi connectivity index (χ1n) is 4.33. The van der Waals surface area contributed by atoms with Crippen LogP contribution in [0.2, 0.25) is 0 Å². The van der Waals surface area contributed by atoms with Crippen LogP contribution < -0.4 is 0 Å². The highest BCUT2D eigenvalue weighted by atomic mass is 79.9. The summed E-state index contributed by atoms with van der Waals surface area (Å²) in [5.74, 6) is 0.151. The van der Waals surface area contributed by atoms with Gasteiger partial charge in [0.25, 0.3) is 0 Å². The number of carbonyl (C=O) groups excluding carboxylic acids is 1. The van der Waals surface area contributed by atoms with Crippen molar-refractivity contribution in [2.45, 2.75) is 13.3 Å². The van der Waals surface area contributed by atoms with Gasteiger partial charge >= 0.3 is 0 Å². The number of hydrogen-bond donors (Lipinski definition) is 0. The van der Waals surface area contributed by atoms with Gasteiger partial charge in [0.15, 0.2) is 5.78 Å². The van der Waals surface area contributed by atoms with Crippen molar-refractivity contribution in [1.82, 2.24) is 4.98 Å². The van der Waals surface area contributed by atoms with Crippen molar-refractivity contribution in [3.05, 3.63) is 36.9 Å². The predicted molar refractivity (Wildman–Crippen MR) is 66.9 cm³/mol. The van der Waals surface area contributed by atoms with Crippen LogP contribution in [0.3, 0.4) is 0 Å². The van der Waals surface area contributed by atoms with E-state index in [1.165, 1.54) is 11.3 Å². The Balaban J connectivity index is 2.18. The van der Waals surface area contributed by atoms with Crippen molar-refractivity contribution < 1.29 is 4.79 Å². The highest BCUT2D eigenvalue weighted by Crippen LogP contribution is 2.25. The zero-order chi connectivity index (χ0) is 10.8. The monoisotopic (exact) mass is 301 g/mol. The standard InChI is InChI=1S/C10H8BrNOS2/c1-6-10(15-5-12-6)8(13)4-9-7(11)2-3-14-9/h2-3,5H,4H2,1H3. The van der Waals surface area contributed by atoms with Crippen LogP contribution in [0.5, 0.6) is 0 Å². The first-order valence-corrected chi connectivity index (χ1v) is 6.89. The Kier molecular flexibility index (Phi) is 3.33. The molecule has 0 aliphatic rings. The van der Waals surface area contributed by atoms with Crippen LogP contribution in [-0.2, 0) is 6.42 Å². The first kappa shape index (κ1) is 11.0. The fraction of sp³-hybridized carbons (Fsp3) is 0.200. The molecule has 0 fully saturated rings. The molecule has 0 aromatic carbocycles. The van der Waals surface area contributed by atoms with Gasteiger partial charge in [0.05, 0.1) is 16.1 Å². The zero-order valence-electron chi connectivity index (χ0n) is 7.99. The second-order valence-electron chi connectivity index (χ2n) is 3.06. The minimum absolute atomic E-state index is 0.151. The van der Waals surface area contributed by atoms with Crippen LogP contribution in [0.15, 0.2) is 21.4 Å². The number of rotatable bonds is 3. The van der Waals surface area contributed by atoms with Crippen molar-refractivity contribution in [2.75, 3.05) is 0 Å². The second-order valence-corrected chi connectivity index (χ2v) is 5.77. The van der Waals surface area contributed by atoms with Crippen molar-refractivity contribution in [3.8, 4) is 0 Å². The first-order chi connectivity index (χ1) is 7.18. The van der Waals surface area contributed by atoms with Crippen molar-refractivity contribution in [3.63, 3.8) is 0 Å².